The minimum absolute atomic E-state index is 0.0224. The number of nitrogens with zero attached hydrogens (tertiary/aromatic N) is 3. The van der Waals surface area contributed by atoms with Crippen LogP contribution in [-0.2, 0) is 21.5 Å². The zero-order chi connectivity index (χ0) is 23.3. The predicted molar refractivity (Wildman–Crippen MR) is 128 cm³/mol. The number of hydrogen-bond donors (Lipinski definition) is 1. The van der Waals surface area contributed by atoms with Crippen LogP contribution in [0.3, 0.4) is 0 Å². The van der Waals surface area contributed by atoms with Gasteiger partial charge in [-0.25, -0.2) is 4.68 Å². The van der Waals surface area contributed by atoms with Crippen LogP contribution in [0, 0.1) is 6.92 Å². The van der Waals surface area contributed by atoms with Gasteiger partial charge in [0, 0.05) is 24.4 Å². The predicted octanol–water partition coefficient (Wildman–Crippen LogP) is 4.86. The fraction of sp³-hybridized carbons (Fsp3) is 0.346. The van der Waals surface area contributed by atoms with E-state index in [2.05, 4.69) is 26.1 Å². The van der Waals surface area contributed by atoms with Crippen molar-refractivity contribution in [1.29, 1.82) is 0 Å². The number of benzene rings is 2. The molecular formula is C26H32N4O2. The minimum atomic E-state index is -0.252. The van der Waals surface area contributed by atoms with E-state index in [0.717, 1.165) is 22.5 Å². The highest BCUT2D eigenvalue weighted by Crippen LogP contribution is 2.27. The Hall–Kier alpha value is -3.41. The van der Waals surface area contributed by atoms with Gasteiger partial charge in [-0.2, -0.15) is 5.10 Å². The van der Waals surface area contributed by atoms with Gasteiger partial charge in [-0.15, -0.1) is 0 Å². The van der Waals surface area contributed by atoms with Crippen LogP contribution in [-0.4, -0.2) is 33.0 Å². The van der Waals surface area contributed by atoms with Gasteiger partial charge in [0.15, 0.2) is 0 Å². The Morgan fingerprint density at radius 3 is 2.31 bits per heavy atom. The van der Waals surface area contributed by atoms with Crippen LogP contribution in [0.25, 0.3) is 5.69 Å². The van der Waals surface area contributed by atoms with Crippen LogP contribution < -0.4 is 5.32 Å². The number of nitrogens with one attached hydrogen (secondary N) is 1. The summed E-state index contributed by atoms with van der Waals surface area (Å²) in [7, 11) is 0. The molecule has 0 spiro atoms. The summed E-state index contributed by atoms with van der Waals surface area (Å²) < 4.78 is 1.77. The van der Waals surface area contributed by atoms with Crippen molar-refractivity contribution in [1.82, 2.24) is 14.7 Å². The number of rotatable bonds is 7. The standard InChI is InChI=1S/C26H32N4O2/c1-6-25(32)29(17-20-13-8-7-9-14-20)18-24(31)27-23-16-22(26(3,4)5)28-30(23)21-15-11-10-12-19(21)2/h7-16H,6,17-18H2,1-5H3,(H,27,31). The zero-order valence-electron chi connectivity index (χ0n) is 19.6. The number of carbonyl (C=O) groups is 2. The third-order valence-electron chi connectivity index (χ3n) is 5.29. The number of anilines is 1. The van der Waals surface area contributed by atoms with Gasteiger partial charge in [0.1, 0.15) is 12.4 Å². The van der Waals surface area contributed by atoms with Crippen LogP contribution in [0.2, 0.25) is 0 Å². The SMILES string of the molecule is CCC(=O)N(CC(=O)Nc1cc(C(C)(C)C)nn1-c1ccccc1C)Cc1ccccc1. The average Bonchev–Trinajstić information content (AvgIpc) is 3.17. The van der Waals surface area contributed by atoms with Crippen molar-refractivity contribution < 1.29 is 9.59 Å². The van der Waals surface area contributed by atoms with Gasteiger partial charge in [0.25, 0.3) is 0 Å². The smallest absolute Gasteiger partial charge is 0.245 e. The maximum atomic E-state index is 13.0. The van der Waals surface area contributed by atoms with E-state index in [4.69, 9.17) is 5.10 Å². The van der Waals surface area contributed by atoms with Crippen LogP contribution in [0.15, 0.2) is 60.7 Å². The van der Waals surface area contributed by atoms with Crippen molar-refractivity contribution >= 4 is 17.6 Å². The first-order chi connectivity index (χ1) is 15.2. The fourth-order valence-electron chi connectivity index (χ4n) is 3.44. The second-order valence-corrected chi connectivity index (χ2v) is 9.00. The molecule has 0 atom stereocenters. The number of amides is 2. The first kappa shape index (κ1) is 23.3. The van der Waals surface area contributed by atoms with Crippen molar-refractivity contribution in [3.05, 3.63) is 77.5 Å². The van der Waals surface area contributed by atoms with Crippen molar-refractivity contribution in [2.75, 3.05) is 11.9 Å². The van der Waals surface area contributed by atoms with Crippen LogP contribution in [0.4, 0.5) is 5.82 Å². The van der Waals surface area contributed by atoms with Gasteiger partial charge in [0.05, 0.1) is 11.4 Å². The first-order valence-corrected chi connectivity index (χ1v) is 11.0. The van der Waals surface area contributed by atoms with E-state index in [9.17, 15) is 9.59 Å². The summed E-state index contributed by atoms with van der Waals surface area (Å²) in [4.78, 5) is 27.1. The molecule has 0 aliphatic heterocycles. The molecule has 168 valence electrons. The average molecular weight is 433 g/mol. The third-order valence-corrected chi connectivity index (χ3v) is 5.29. The molecule has 0 unspecified atom stereocenters. The molecule has 6 heteroatoms. The monoisotopic (exact) mass is 432 g/mol. The number of aryl methyl sites for hydroxylation is 1. The maximum absolute atomic E-state index is 13.0. The van der Waals surface area contributed by atoms with Gasteiger partial charge in [-0.05, 0) is 24.1 Å². The molecule has 1 N–H and O–H groups in total. The molecule has 0 saturated carbocycles. The lowest BCUT2D eigenvalue weighted by molar-refractivity contribution is -0.135. The van der Waals surface area contributed by atoms with E-state index in [1.54, 1.807) is 16.5 Å². The molecule has 32 heavy (non-hydrogen) atoms. The number of para-hydroxylation sites is 1. The highest BCUT2D eigenvalue weighted by Gasteiger charge is 2.23. The largest absolute Gasteiger partial charge is 0.329 e. The highest BCUT2D eigenvalue weighted by atomic mass is 16.2. The summed E-state index contributed by atoms with van der Waals surface area (Å²) in [6, 6.07) is 19.5. The lowest BCUT2D eigenvalue weighted by Gasteiger charge is -2.22. The number of carbonyl (C=O) groups excluding carboxylic acids is 2. The van der Waals surface area contributed by atoms with Crippen LogP contribution in [0.1, 0.15) is 50.9 Å². The topological polar surface area (TPSA) is 67.2 Å². The first-order valence-electron chi connectivity index (χ1n) is 11.0. The van der Waals surface area contributed by atoms with E-state index in [-0.39, 0.29) is 23.8 Å². The van der Waals surface area contributed by atoms with E-state index in [1.807, 2.05) is 67.6 Å². The number of hydrogen-bond acceptors (Lipinski definition) is 3. The summed E-state index contributed by atoms with van der Waals surface area (Å²) >= 11 is 0. The maximum Gasteiger partial charge on any atom is 0.245 e. The molecule has 0 radical (unpaired) electrons. The van der Waals surface area contributed by atoms with Crippen LogP contribution >= 0.6 is 0 Å². The summed E-state index contributed by atoms with van der Waals surface area (Å²) in [5.41, 5.74) is 3.65. The molecule has 0 saturated heterocycles. The highest BCUT2D eigenvalue weighted by molar-refractivity contribution is 5.94. The Labute approximate surface area is 190 Å². The second-order valence-electron chi connectivity index (χ2n) is 9.00. The van der Waals surface area contributed by atoms with Gasteiger partial charge >= 0.3 is 0 Å². The Morgan fingerprint density at radius 1 is 1.03 bits per heavy atom. The van der Waals surface area contributed by atoms with Crippen molar-refractivity contribution in [2.45, 2.75) is 53.0 Å². The van der Waals surface area contributed by atoms with Gasteiger partial charge in [-0.1, -0.05) is 76.2 Å². The molecule has 3 aromatic rings. The summed E-state index contributed by atoms with van der Waals surface area (Å²) in [5.74, 6) is 0.280. The molecule has 0 fully saturated rings. The molecule has 1 heterocycles. The van der Waals surface area contributed by atoms with E-state index in [1.165, 1.54) is 0 Å². The van der Waals surface area contributed by atoms with E-state index in [0.29, 0.717) is 18.8 Å². The molecule has 0 aliphatic carbocycles. The Bertz CT molecular complexity index is 1080. The molecule has 2 aromatic carbocycles. The molecule has 1 aromatic heterocycles. The van der Waals surface area contributed by atoms with Crippen molar-refractivity contribution in [3.8, 4) is 5.69 Å². The Kier molecular flexibility index (Phi) is 7.13. The van der Waals surface area contributed by atoms with Crippen molar-refractivity contribution in [2.24, 2.45) is 0 Å². The van der Waals surface area contributed by atoms with Gasteiger partial charge < -0.3 is 10.2 Å². The molecule has 0 aliphatic rings. The molecule has 3 rings (SSSR count). The lowest BCUT2D eigenvalue weighted by Crippen LogP contribution is -2.37. The molecular weight excluding hydrogens is 400 g/mol. The zero-order valence-corrected chi connectivity index (χ0v) is 19.6. The molecule has 2 amide bonds. The Balaban J connectivity index is 1.86. The fourth-order valence-corrected chi connectivity index (χ4v) is 3.44. The van der Waals surface area contributed by atoms with Gasteiger partial charge in [-0.3, -0.25) is 9.59 Å². The van der Waals surface area contributed by atoms with Gasteiger partial charge in [0.2, 0.25) is 11.8 Å². The molecule has 0 bridgehead atoms. The molecule has 6 nitrogen and oxygen atoms in total. The third kappa shape index (κ3) is 5.63. The quantitative estimate of drug-likeness (QED) is 0.580. The van der Waals surface area contributed by atoms with Crippen LogP contribution in [0.5, 0.6) is 0 Å². The van der Waals surface area contributed by atoms with E-state index >= 15 is 0 Å². The summed E-state index contributed by atoms with van der Waals surface area (Å²) in [5, 5.41) is 7.78. The summed E-state index contributed by atoms with van der Waals surface area (Å²) in [6.45, 7) is 10.5. The summed E-state index contributed by atoms with van der Waals surface area (Å²) in [6.07, 6.45) is 0.343. The Morgan fingerprint density at radius 2 is 1.69 bits per heavy atom. The van der Waals surface area contributed by atoms with E-state index < -0.39 is 0 Å². The second kappa shape index (κ2) is 9.81. The van der Waals surface area contributed by atoms with Crippen molar-refractivity contribution in [3.63, 3.8) is 0 Å². The normalized spacial score (nSPS) is 11.3. The lowest BCUT2D eigenvalue weighted by atomic mass is 9.92. The minimum Gasteiger partial charge on any atom is -0.329 e. The number of aromatic nitrogens is 2.